The largest absolute Gasteiger partial charge is 0.392 e. The number of amides is 1. The van der Waals surface area contributed by atoms with Crippen LogP contribution >= 0.6 is 40.0 Å². The molecule has 8 nitrogen and oxygen atoms in total. The van der Waals surface area contributed by atoms with Crippen molar-refractivity contribution in [3.63, 3.8) is 0 Å². The molecular formula is C20H27ClIN6O2P. The Hall–Kier alpha value is -1.55. The lowest BCUT2D eigenvalue weighted by atomic mass is 10.1. The SMILES string of the molecule is C/C(Cl)=C(\C=N/N(C=O)PI)N1CCc2c(nnn2Cc2ccccc2CO)C1.CC. The molecule has 1 amide bonds. The van der Waals surface area contributed by atoms with E-state index in [1.54, 1.807) is 13.1 Å². The van der Waals surface area contributed by atoms with Crippen LogP contribution in [0.5, 0.6) is 0 Å². The molecule has 1 aromatic heterocycles. The molecule has 0 bridgehead atoms. The van der Waals surface area contributed by atoms with Crippen molar-refractivity contribution in [3.05, 3.63) is 57.5 Å². The number of allylic oxidation sites excluding steroid dienone is 2. The van der Waals surface area contributed by atoms with E-state index in [1.807, 2.05) is 42.8 Å². The molecule has 2 aromatic rings. The highest BCUT2D eigenvalue weighted by molar-refractivity contribution is 14.2. The predicted molar refractivity (Wildman–Crippen MR) is 134 cm³/mol. The van der Waals surface area contributed by atoms with Crippen molar-refractivity contribution in [2.24, 2.45) is 5.10 Å². The van der Waals surface area contributed by atoms with E-state index in [2.05, 4.69) is 42.4 Å². The average molecular weight is 577 g/mol. The number of halogens is 2. The summed E-state index contributed by atoms with van der Waals surface area (Å²) in [6.45, 7) is 7.68. The summed E-state index contributed by atoms with van der Waals surface area (Å²) < 4.78 is 3.22. The molecule has 0 saturated heterocycles. The first-order chi connectivity index (χ1) is 15.1. The van der Waals surface area contributed by atoms with Crippen LogP contribution in [-0.2, 0) is 30.9 Å². The van der Waals surface area contributed by atoms with E-state index in [9.17, 15) is 9.90 Å². The van der Waals surface area contributed by atoms with Gasteiger partial charge in [-0.15, -0.1) is 5.10 Å². The van der Waals surface area contributed by atoms with E-state index in [-0.39, 0.29) is 13.0 Å². The molecule has 1 aliphatic heterocycles. The van der Waals surface area contributed by atoms with Crippen molar-refractivity contribution in [1.82, 2.24) is 24.7 Å². The van der Waals surface area contributed by atoms with E-state index >= 15 is 0 Å². The molecular weight excluding hydrogens is 550 g/mol. The second kappa shape index (κ2) is 13.1. The van der Waals surface area contributed by atoms with Crippen LogP contribution in [0.15, 0.2) is 40.1 Å². The van der Waals surface area contributed by atoms with Gasteiger partial charge in [-0.2, -0.15) is 5.10 Å². The number of aromatic nitrogens is 3. The second-order valence-electron chi connectivity index (χ2n) is 6.44. The van der Waals surface area contributed by atoms with Crippen LogP contribution in [0.3, 0.4) is 0 Å². The summed E-state index contributed by atoms with van der Waals surface area (Å²) in [7, 11) is 0. The summed E-state index contributed by atoms with van der Waals surface area (Å²) in [5.41, 5.74) is 4.66. The zero-order valence-electron chi connectivity index (χ0n) is 17.8. The topological polar surface area (TPSA) is 86.9 Å². The lowest BCUT2D eigenvalue weighted by Crippen LogP contribution is -2.32. The molecule has 3 rings (SSSR count). The average Bonchev–Trinajstić information content (AvgIpc) is 3.20. The molecule has 0 spiro atoms. The van der Waals surface area contributed by atoms with Gasteiger partial charge in [-0.25, -0.2) is 9.46 Å². The molecule has 0 fully saturated rings. The first-order valence-electron chi connectivity index (χ1n) is 9.92. The van der Waals surface area contributed by atoms with Gasteiger partial charge in [0.1, 0.15) is 5.69 Å². The molecule has 168 valence electrons. The van der Waals surface area contributed by atoms with Gasteiger partial charge in [0.15, 0.2) is 0 Å². The van der Waals surface area contributed by atoms with Crippen LogP contribution in [0, 0.1) is 0 Å². The number of aliphatic hydroxyl groups excluding tert-OH is 1. The van der Waals surface area contributed by atoms with Crippen molar-refractivity contribution < 1.29 is 9.90 Å². The van der Waals surface area contributed by atoms with Crippen LogP contribution in [0.4, 0.5) is 0 Å². The van der Waals surface area contributed by atoms with E-state index < -0.39 is 0 Å². The fraction of sp³-hybridized carbons (Fsp3) is 0.400. The molecule has 0 saturated carbocycles. The summed E-state index contributed by atoms with van der Waals surface area (Å²) in [6.07, 6.45) is 3.29. The molecule has 11 heteroatoms. The first-order valence-corrected chi connectivity index (χ1v) is 14.4. The van der Waals surface area contributed by atoms with E-state index in [1.165, 1.54) is 4.78 Å². The molecule has 0 aliphatic carbocycles. The van der Waals surface area contributed by atoms with Gasteiger partial charge in [0.2, 0.25) is 6.41 Å². The minimum absolute atomic E-state index is 0.00106. The highest BCUT2D eigenvalue weighted by atomic mass is 127. The van der Waals surface area contributed by atoms with E-state index in [0.29, 0.717) is 24.5 Å². The van der Waals surface area contributed by atoms with Gasteiger partial charge < -0.3 is 10.0 Å². The fourth-order valence-corrected chi connectivity index (χ4v) is 4.22. The van der Waals surface area contributed by atoms with Crippen LogP contribution in [-0.4, -0.2) is 48.9 Å². The fourth-order valence-electron chi connectivity index (χ4n) is 3.20. The number of carbonyl (C=O) groups is 1. The number of hydrazone groups is 1. The number of hydrogen-bond donors (Lipinski definition) is 1. The van der Waals surface area contributed by atoms with E-state index in [0.717, 1.165) is 41.2 Å². The first kappa shape index (κ1) is 25.7. The Kier molecular flexibility index (Phi) is 10.9. The third-order valence-corrected chi connectivity index (χ3v) is 6.74. The third-order valence-electron chi connectivity index (χ3n) is 4.67. The maximum absolute atomic E-state index is 11.0. The summed E-state index contributed by atoms with van der Waals surface area (Å²) in [4.78, 5) is 13.1. The van der Waals surface area contributed by atoms with Crippen molar-refractivity contribution >= 4 is 52.6 Å². The number of benzene rings is 1. The summed E-state index contributed by atoms with van der Waals surface area (Å²) in [5, 5.41) is 23.0. The zero-order chi connectivity index (χ0) is 22.8. The lowest BCUT2D eigenvalue weighted by molar-refractivity contribution is -0.113. The van der Waals surface area contributed by atoms with Gasteiger partial charge in [0.25, 0.3) is 0 Å². The molecule has 1 aliphatic rings. The normalized spacial score (nSPS) is 14.3. The van der Waals surface area contributed by atoms with Crippen LogP contribution in [0.25, 0.3) is 0 Å². The van der Waals surface area contributed by atoms with E-state index in [4.69, 9.17) is 11.6 Å². The number of fused-ring (bicyclic) bond motifs is 1. The molecule has 31 heavy (non-hydrogen) atoms. The third kappa shape index (κ3) is 6.71. The zero-order valence-corrected chi connectivity index (χ0v) is 21.7. The number of aliphatic hydroxyl groups is 1. The Labute approximate surface area is 202 Å². The molecule has 1 unspecified atom stereocenters. The molecule has 1 N–H and O–H groups in total. The van der Waals surface area contributed by atoms with Crippen LogP contribution in [0.2, 0.25) is 0 Å². The standard InChI is InChI=1S/C18H21ClIN6O2P.C2H6/c1-13(19)18(8-21-26(12-28)29-20)24-7-6-17-16(10-24)22-23-25(17)9-14-4-2-3-5-15(14)11-27;1-2/h2-5,8,12,27,29H,6-7,9-11H2,1H3;1-2H3/b18-13-,21-8-;. The predicted octanol–water partition coefficient (Wildman–Crippen LogP) is 4.06. The number of rotatable bonds is 8. The van der Waals surface area contributed by atoms with Gasteiger partial charge in [-0.05, 0) is 40.1 Å². The lowest BCUT2D eigenvalue weighted by Gasteiger charge is -2.29. The van der Waals surface area contributed by atoms with Crippen molar-refractivity contribution in [1.29, 1.82) is 0 Å². The minimum Gasteiger partial charge on any atom is -0.392 e. The molecule has 0 radical (unpaired) electrons. The van der Waals surface area contributed by atoms with Crippen molar-refractivity contribution in [2.45, 2.75) is 46.9 Å². The highest BCUT2D eigenvalue weighted by Gasteiger charge is 2.24. The second-order valence-corrected chi connectivity index (χ2v) is 9.08. The Bertz CT molecular complexity index is 932. The minimum atomic E-state index is -0.00106. The number of hydrogen-bond acceptors (Lipinski definition) is 6. The molecule has 2 heterocycles. The number of carbonyl (C=O) groups excluding carboxylic acids is 1. The maximum atomic E-state index is 11.0. The van der Waals surface area contributed by atoms with Gasteiger partial charge in [-0.3, -0.25) is 4.79 Å². The molecule has 1 aromatic carbocycles. The maximum Gasteiger partial charge on any atom is 0.233 e. The van der Waals surface area contributed by atoms with Gasteiger partial charge in [0, 0.05) is 18.0 Å². The monoisotopic (exact) mass is 576 g/mol. The summed E-state index contributed by atoms with van der Waals surface area (Å²) in [5.74, 6) is 0. The van der Waals surface area contributed by atoms with Crippen molar-refractivity contribution in [2.75, 3.05) is 6.54 Å². The number of nitrogens with zero attached hydrogens (tertiary/aromatic N) is 6. The quantitative estimate of drug-likeness (QED) is 0.168. The van der Waals surface area contributed by atoms with Crippen molar-refractivity contribution in [3.8, 4) is 0 Å². The summed E-state index contributed by atoms with van der Waals surface area (Å²) >= 11 is 8.39. The van der Waals surface area contributed by atoms with Crippen LogP contribution < -0.4 is 0 Å². The van der Waals surface area contributed by atoms with Gasteiger partial charge >= 0.3 is 0 Å². The molecule has 1 atom stereocenters. The smallest absolute Gasteiger partial charge is 0.233 e. The van der Waals surface area contributed by atoms with Gasteiger partial charge in [0.05, 0.1) is 43.7 Å². The summed E-state index contributed by atoms with van der Waals surface area (Å²) in [6, 6.07) is 7.78. The Morgan fingerprint density at radius 2 is 2.10 bits per heavy atom. The van der Waals surface area contributed by atoms with Crippen LogP contribution in [0.1, 0.15) is 43.3 Å². The van der Waals surface area contributed by atoms with Gasteiger partial charge in [-0.1, -0.05) is 54.9 Å². The Morgan fingerprint density at radius 1 is 1.39 bits per heavy atom. The Morgan fingerprint density at radius 3 is 2.71 bits per heavy atom. The highest BCUT2D eigenvalue weighted by Crippen LogP contribution is 2.27. The Balaban J connectivity index is 0.00000166.